The molecule has 0 spiro atoms. The molecule has 0 amide bonds. The molecule has 2 N–H and O–H groups in total. The summed E-state index contributed by atoms with van der Waals surface area (Å²) >= 11 is 0. The fourth-order valence-corrected chi connectivity index (χ4v) is 1.35. The van der Waals surface area contributed by atoms with Crippen LogP contribution in [0.4, 0.5) is 0 Å². The number of hydrogen-bond acceptors (Lipinski definition) is 2. The van der Waals surface area contributed by atoms with E-state index >= 15 is 0 Å². The Labute approximate surface area is 50.7 Å². The lowest BCUT2D eigenvalue weighted by atomic mass is 10.5. The van der Waals surface area contributed by atoms with Crippen LogP contribution in [0.25, 0.3) is 0 Å². The highest BCUT2D eigenvalue weighted by molar-refractivity contribution is 5.05. The molecule has 1 unspecified atom stereocenters. The summed E-state index contributed by atoms with van der Waals surface area (Å²) in [6.07, 6.45) is 0. The fraction of sp³-hybridized carbons (Fsp3) is 1.00. The molecule has 1 aliphatic carbocycles. The first-order valence-corrected chi connectivity index (χ1v) is 3.15. The summed E-state index contributed by atoms with van der Waals surface area (Å²) in [6.45, 7) is 2.25. The van der Waals surface area contributed by atoms with Crippen LogP contribution in [-0.2, 0) is 0 Å². The average molecular weight is 114 g/mol. The Morgan fingerprint density at radius 1 is 1.00 bits per heavy atom. The van der Waals surface area contributed by atoms with E-state index in [1.54, 1.807) is 0 Å². The van der Waals surface area contributed by atoms with Gasteiger partial charge in [-0.25, -0.2) is 0 Å². The molecular weight excluding hydrogens is 100 g/mol. The summed E-state index contributed by atoms with van der Waals surface area (Å²) in [5, 5.41) is 6.45. The minimum absolute atomic E-state index is 0.722. The maximum Gasteiger partial charge on any atom is 0.0262 e. The minimum Gasteiger partial charge on any atom is -0.315 e. The molecule has 1 fully saturated rings. The second-order valence-corrected chi connectivity index (χ2v) is 2.49. The summed E-state index contributed by atoms with van der Waals surface area (Å²) in [5.41, 5.74) is 0. The van der Waals surface area contributed by atoms with Gasteiger partial charge in [0.25, 0.3) is 0 Å². The van der Waals surface area contributed by atoms with Crippen molar-refractivity contribution in [2.45, 2.75) is 19.0 Å². The molecule has 2 heteroatoms. The van der Waals surface area contributed by atoms with Crippen LogP contribution in [0.2, 0.25) is 0 Å². The molecule has 0 saturated heterocycles. The van der Waals surface area contributed by atoms with Crippen molar-refractivity contribution in [2.24, 2.45) is 5.92 Å². The van der Waals surface area contributed by atoms with Gasteiger partial charge in [0.05, 0.1) is 0 Å². The zero-order chi connectivity index (χ0) is 6.15. The molecule has 2 nitrogen and oxygen atoms in total. The molecule has 0 aliphatic heterocycles. The van der Waals surface area contributed by atoms with E-state index in [9.17, 15) is 0 Å². The van der Waals surface area contributed by atoms with Gasteiger partial charge in [0, 0.05) is 12.1 Å². The summed E-state index contributed by atoms with van der Waals surface area (Å²) in [4.78, 5) is 0. The first-order valence-electron chi connectivity index (χ1n) is 3.15. The molecule has 1 rings (SSSR count). The third kappa shape index (κ3) is 0.740. The normalized spacial score (nSPS) is 44.6. The van der Waals surface area contributed by atoms with Gasteiger partial charge in [0.1, 0.15) is 0 Å². The topological polar surface area (TPSA) is 24.1 Å². The lowest BCUT2D eigenvalue weighted by Gasteiger charge is -1.91. The van der Waals surface area contributed by atoms with Crippen molar-refractivity contribution in [3.8, 4) is 0 Å². The maximum absolute atomic E-state index is 3.23. The van der Waals surface area contributed by atoms with Crippen LogP contribution in [0.15, 0.2) is 0 Å². The number of nitrogens with one attached hydrogen (secondary N) is 2. The van der Waals surface area contributed by atoms with Crippen LogP contribution in [-0.4, -0.2) is 26.2 Å². The van der Waals surface area contributed by atoms with Gasteiger partial charge in [-0.1, -0.05) is 6.92 Å². The number of rotatable bonds is 2. The average Bonchev–Trinajstić information content (AvgIpc) is 2.40. The molecule has 0 aromatic carbocycles. The molecule has 3 atom stereocenters. The fourth-order valence-electron chi connectivity index (χ4n) is 1.35. The Kier molecular flexibility index (Phi) is 1.54. The zero-order valence-electron chi connectivity index (χ0n) is 5.73. The van der Waals surface area contributed by atoms with E-state index in [0.717, 1.165) is 18.0 Å². The molecule has 0 aromatic rings. The van der Waals surface area contributed by atoms with Crippen LogP contribution in [0, 0.1) is 5.92 Å². The van der Waals surface area contributed by atoms with Crippen LogP contribution >= 0.6 is 0 Å². The van der Waals surface area contributed by atoms with Crippen LogP contribution in [0.5, 0.6) is 0 Å². The first-order chi connectivity index (χ1) is 3.81. The monoisotopic (exact) mass is 114 g/mol. The summed E-state index contributed by atoms with van der Waals surface area (Å²) in [6, 6.07) is 1.44. The van der Waals surface area contributed by atoms with Crippen molar-refractivity contribution < 1.29 is 0 Å². The summed E-state index contributed by atoms with van der Waals surface area (Å²) in [5.74, 6) is 0.824. The molecule has 0 radical (unpaired) electrons. The Morgan fingerprint density at radius 3 is 1.50 bits per heavy atom. The maximum atomic E-state index is 3.23. The smallest absolute Gasteiger partial charge is 0.0262 e. The van der Waals surface area contributed by atoms with E-state index in [1.807, 2.05) is 14.1 Å². The SMILES string of the molecule is CN[C@@H]1C(C)[C@@H]1NC. The largest absolute Gasteiger partial charge is 0.315 e. The second-order valence-electron chi connectivity index (χ2n) is 2.49. The van der Waals surface area contributed by atoms with E-state index in [4.69, 9.17) is 0 Å². The Balaban J connectivity index is 2.23. The molecule has 48 valence electrons. The van der Waals surface area contributed by atoms with Gasteiger partial charge in [-0.3, -0.25) is 0 Å². The highest BCUT2D eigenvalue weighted by Gasteiger charge is 2.44. The minimum atomic E-state index is 0.722. The zero-order valence-corrected chi connectivity index (χ0v) is 5.73. The highest BCUT2D eigenvalue weighted by atomic mass is 15.1. The Bertz CT molecular complexity index is 72.6. The molecule has 0 bridgehead atoms. The highest BCUT2D eigenvalue weighted by Crippen LogP contribution is 2.29. The van der Waals surface area contributed by atoms with E-state index in [0.29, 0.717) is 0 Å². The van der Waals surface area contributed by atoms with Crippen LogP contribution in [0.1, 0.15) is 6.92 Å². The van der Waals surface area contributed by atoms with E-state index in [2.05, 4.69) is 17.6 Å². The predicted molar refractivity (Wildman–Crippen MR) is 34.9 cm³/mol. The van der Waals surface area contributed by atoms with Crippen molar-refractivity contribution in [3.63, 3.8) is 0 Å². The van der Waals surface area contributed by atoms with Gasteiger partial charge >= 0.3 is 0 Å². The first kappa shape index (κ1) is 6.05. The van der Waals surface area contributed by atoms with Gasteiger partial charge < -0.3 is 10.6 Å². The molecule has 0 heterocycles. The third-order valence-corrected chi connectivity index (χ3v) is 2.05. The van der Waals surface area contributed by atoms with Crippen molar-refractivity contribution in [1.29, 1.82) is 0 Å². The lowest BCUT2D eigenvalue weighted by molar-refractivity contribution is 0.708. The molecule has 1 aliphatic rings. The number of hydrogen-bond donors (Lipinski definition) is 2. The molecular formula is C6H14N2. The standard InChI is InChI=1S/C6H14N2/c1-4-5(7-2)6(4)8-3/h4-8H,1-3H3/t4?,5-,6+. The molecule has 0 aromatic heterocycles. The van der Waals surface area contributed by atoms with Gasteiger partial charge in [-0.05, 0) is 20.0 Å². The second kappa shape index (κ2) is 2.03. The van der Waals surface area contributed by atoms with Crippen LogP contribution < -0.4 is 10.6 Å². The predicted octanol–water partition coefficient (Wildman–Crippen LogP) is -0.188. The van der Waals surface area contributed by atoms with Crippen molar-refractivity contribution >= 4 is 0 Å². The lowest BCUT2D eigenvalue weighted by Crippen LogP contribution is -2.21. The van der Waals surface area contributed by atoms with E-state index < -0.39 is 0 Å². The van der Waals surface area contributed by atoms with Crippen molar-refractivity contribution in [1.82, 2.24) is 10.6 Å². The Morgan fingerprint density at radius 2 is 1.38 bits per heavy atom. The van der Waals surface area contributed by atoms with Crippen LogP contribution in [0.3, 0.4) is 0 Å². The van der Waals surface area contributed by atoms with E-state index in [-0.39, 0.29) is 0 Å². The summed E-state index contributed by atoms with van der Waals surface area (Å²) in [7, 11) is 4.02. The van der Waals surface area contributed by atoms with Crippen molar-refractivity contribution in [2.75, 3.05) is 14.1 Å². The Hall–Kier alpha value is -0.0800. The van der Waals surface area contributed by atoms with Gasteiger partial charge in [0.15, 0.2) is 0 Å². The molecule has 8 heavy (non-hydrogen) atoms. The van der Waals surface area contributed by atoms with Gasteiger partial charge in [-0.15, -0.1) is 0 Å². The molecule has 1 saturated carbocycles. The number of likely N-dealkylation sites (N-methyl/N-ethyl adjacent to an activating group) is 2. The summed E-state index contributed by atoms with van der Waals surface area (Å²) < 4.78 is 0. The van der Waals surface area contributed by atoms with Gasteiger partial charge in [0.2, 0.25) is 0 Å². The third-order valence-electron chi connectivity index (χ3n) is 2.05. The van der Waals surface area contributed by atoms with Crippen molar-refractivity contribution in [3.05, 3.63) is 0 Å². The van der Waals surface area contributed by atoms with Gasteiger partial charge in [-0.2, -0.15) is 0 Å². The van der Waals surface area contributed by atoms with E-state index in [1.165, 1.54) is 0 Å². The quantitative estimate of drug-likeness (QED) is 0.520.